The molecule has 28 heavy (non-hydrogen) atoms. The van der Waals surface area contributed by atoms with Gasteiger partial charge in [-0.3, -0.25) is 15.0 Å². The number of amides is 3. The van der Waals surface area contributed by atoms with Crippen molar-refractivity contribution in [3.8, 4) is 0 Å². The molecule has 1 aromatic rings. The average Bonchev–Trinajstić information content (AvgIpc) is 3.05. The van der Waals surface area contributed by atoms with Gasteiger partial charge < -0.3 is 15.5 Å². The molecular weight excluding hydrogens is 356 g/mol. The molecular formula is C20H26N6O2. The number of carbonyl (C=O) groups is 2. The predicted octanol–water partition coefficient (Wildman–Crippen LogP) is 1.62. The van der Waals surface area contributed by atoms with Crippen LogP contribution in [0.15, 0.2) is 48.1 Å². The Bertz CT molecular complexity index is 842. The number of nitrogens with one attached hydrogen (secondary N) is 3. The van der Waals surface area contributed by atoms with E-state index in [1.807, 2.05) is 39.0 Å². The van der Waals surface area contributed by atoms with Crippen LogP contribution in [0.5, 0.6) is 0 Å². The maximum absolute atomic E-state index is 13.1. The van der Waals surface area contributed by atoms with E-state index in [0.717, 1.165) is 25.2 Å². The second kappa shape index (κ2) is 6.85. The molecule has 0 spiro atoms. The van der Waals surface area contributed by atoms with Gasteiger partial charge >= 0.3 is 6.03 Å². The largest absolute Gasteiger partial charge is 0.366 e. The summed E-state index contributed by atoms with van der Waals surface area (Å²) in [6.45, 7) is 7.52. The number of urea groups is 1. The zero-order chi connectivity index (χ0) is 19.9. The molecule has 1 fully saturated rings. The quantitative estimate of drug-likeness (QED) is 0.723. The third-order valence-electron chi connectivity index (χ3n) is 4.99. The van der Waals surface area contributed by atoms with Crippen molar-refractivity contribution in [2.24, 2.45) is 0 Å². The number of fused-ring (bicyclic) bond motifs is 3. The van der Waals surface area contributed by atoms with Crippen LogP contribution in [-0.4, -0.2) is 57.4 Å². The number of pyridine rings is 1. The zero-order valence-electron chi connectivity index (χ0n) is 16.4. The highest BCUT2D eigenvalue weighted by Crippen LogP contribution is 2.33. The molecule has 2 atom stereocenters. The fourth-order valence-corrected chi connectivity index (χ4v) is 3.81. The molecule has 1 unspecified atom stereocenters. The average molecular weight is 382 g/mol. The van der Waals surface area contributed by atoms with Gasteiger partial charge in [0.05, 0.1) is 11.7 Å². The first kappa shape index (κ1) is 18.3. The van der Waals surface area contributed by atoms with E-state index in [2.05, 4.69) is 25.8 Å². The van der Waals surface area contributed by atoms with E-state index < -0.39 is 6.04 Å². The SMILES string of the molecule is CC(C)(C)NC(=O)C1C=CC2=C(N1)N(C(=O)Nc1ccccn1)[C@H]1CCN2C1. The van der Waals surface area contributed by atoms with Crippen LogP contribution in [0.4, 0.5) is 10.6 Å². The molecule has 1 saturated heterocycles. The standard InChI is InChI=1S/C20H26N6O2/c1-20(2,3)24-18(27)14-7-8-15-17(22-14)26(13-9-11-25(15)12-13)19(28)23-16-6-4-5-10-21-16/h4-8,10,13-14,22H,9,11-12H2,1-3H3,(H,24,27)(H,21,23,28)/t13-,14?/m0/s1. The lowest BCUT2D eigenvalue weighted by Gasteiger charge is -2.41. The third-order valence-corrected chi connectivity index (χ3v) is 4.99. The van der Waals surface area contributed by atoms with Crippen LogP contribution < -0.4 is 16.0 Å². The molecule has 3 amide bonds. The number of nitrogens with zero attached hydrogens (tertiary/aromatic N) is 3. The zero-order valence-corrected chi connectivity index (χ0v) is 16.4. The maximum atomic E-state index is 13.1. The van der Waals surface area contributed by atoms with Crippen molar-refractivity contribution >= 4 is 17.8 Å². The molecule has 148 valence electrons. The number of allylic oxidation sites excluding steroid dienone is 1. The fraction of sp³-hybridized carbons (Fsp3) is 0.450. The molecule has 4 rings (SSSR count). The molecule has 4 heterocycles. The minimum atomic E-state index is -0.526. The molecule has 1 aromatic heterocycles. The minimum Gasteiger partial charge on any atom is -0.366 e. The Labute approximate surface area is 164 Å². The summed E-state index contributed by atoms with van der Waals surface area (Å²) >= 11 is 0. The lowest BCUT2D eigenvalue weighted by atomic mass is 10.1. The van der Waals surface area contributed by atoms with Crippen molar-refractivity contribution < 1.29 is 9.59 Å². The molecule has 0 radical (unpaired) electrons. The van der Waals surface area contributed by atoms with Gasteiger partial charge in [0, 0.05) is 24.8 Å². The van der Waals surface area contributed by atoms with Gasteiger partial charge in [0.1, 0.15) is 17.7 Å². The van der Waals surface area contributed by atoms with Crippen molar-refractivity contribution in [2.75, 3.05) is 18.4 Å². The molecule has 3 aliphatic heterocycles. The van der Waals surface area contributed by atoms with E-state index in [4.69, 9.17) is 0 Å². The van der Waals surface area contributed by atoms with Crippen LogP contribution in [0.25, 0.3) is 0 Å². The van der Waals surface area contributed by atoms with E-state index in [1.165, 1.54) is 0 Å². The van der Waals surface area contributed by atoms with Crippen molar-refractivity contribution in [2.45, 2.75) is 44.8 Å². The summed E-state index contributed by atoms with van der Waals surface area (Å²) in [5, 5.41) is 9.14. The Morgan fingerprint density at radius 2 is 2.11 bits per heavy atom. The molecule has 0 aliphatic carbocycles. The number of hydrogen-bond acceptors (Lipinski definition) is 5. The van der Waals surface area contributed by atoms with Crippen LogP contribution in [0.3, 0.4) is 0 Å². The second-order valence-corrected chi connectivity index (χ2v) is 8.36. The molecule has 0 aromatic carbocycles. The molecule has 3 aliphatic rings. The Balaban J connectivity index is 1.57. The van der Waals surface area contributed by atoms with Gasteiger partial charge in [-0.2, -0.15) is 0 Å². The summed E-state index contributed by atoms with van der Waals surface area (Å²) in [5.41, 5.74) is 0.622. The summed E-state index contributed by atoms with van der Waals surface area (Å²) in [7, 11) is 0. The van der Waals surface area contributed by atoms with E-state index in [0.29, 0.717) is 11.6 Å². The molecule has 2 bridgehead atoms. The predicted molar refractivity (Wildman–Crippen MR) is 106 cm³/mol. The summed E-state index contributed by atoms with van der Waals surface area (Å²) in [6, 6.07) is 4.68. The van der Waals surface area contributed by atoms with E-state index >= 15 is 0 Å². The van der Waals surface area contributed by atoms with Gasteiger partial charge in [-0.1, -0.05) is 12.1 Å². The Hall–Kier alpha value is -3.03. The van der Waals surface area contributed by atoms with Crippen LogP contribution in [0.1, 0.15) is 27.2 Å². The number of carbonyl (C=O) groups excluding carboxylic acids is 2. The molecule has 0 saturated carbocycles. The van der Waals surface area contributed by atoms with Crippen LogP contribution in [0.2, 0.25) is 0 Å². The normalized spacial score (nSPS) is 23.2. The van der Waals surface area contributed by atoms with Gasteiger partial charge in [-0.05, 0) is 45.4 Å². The molecule has 8 heteroatoms. The Kier molecular flexibility index (Phi) is 4.49. The first-order chi connectivity index (χ1) is 13.3. The van der Waals surface area contributed by atoms with Gasteiger partial charge in [0.2, 0.25) is 5.91 Å². The van der Waals surface area contributed by atoms with E-state index in [9.17, 15) is 9.59 Å². The Morgan fingerprint density at radius 3 is 2.82 bits per heavy atom. The van der Waals surface area contributed by atoms with Crippen molar-refractivity contribution in [3.63, 3.8) is 0 Å². The van der Waals surface area contributed by atoms with Crippen molar-refractivity contribution in [1.82, 2.24) is 25.4 Å². The van der Waals surface area contributed by atoms with E-state index in [1.54, 1.807) is 23.2 Å². The first-order valence-corrected chi connectivity index (χ1v) is 9.59. The monoisotopic (exact) mass is 382 g/mol. The highest BCUT2D eigenvalue weighted by Gasteiger charge is 2.42. The fourth-order valence-electron chi connectivity index (χ4n) is 3.81. The van der Waals surface area contributed by atoms with Crippen LogP contribution >= 0.6 is 0 Å². The lowest BCUT2D eigenvalue weighted by Crippen LogP contribution is -2.57. The highest BCUT2D eigenvalue weighted by molar-refractivity contribution is 5.91. The highest BCUT2D eigenvalue weighted by atomic mass is 16.2. The topological polar surface area (TPSA) is 89.6 Å². The number of rotatable bonds is 2. The Morgan fingerprint density at radius 1 is 1.29 bits per heavy atom. The maximum Gasteiger partial charge on any atom is 0.328 e. The van der Waals surface area contributed by atoms with Crippen LogP contribution in [-0.2, 0) is 4.79 Å². The first-order valence-electron chi connectivity index (χ1n) is 9.59. The smallest absolute Gasteiger partial charge is 0.328 e. The van der Waals surface area contributed by atoms with Gasteiger partial charge in [0.15, 0.2) is 0 Å². The summed E-state index contributed by atoms with van der Waals surface area (Å²) in [5.74, 6) is 1.07. The van der Waals surface area contributed by atoms with E-state index in [-0.39, 0.29) is 23.5 Å². The van der Waals surface area contributed by atoms with Crippen LogP contribution in [0, 0.1) is 0 Å². The summed E-state index contributed by atoms with van der Waals surface area (Å²) < 4.78 is 0. The van der Waals surface area contributed by atoms with Gasteiger partial charge in [-0.25, -0.2) is 9.78 Å². The van der Waals surface area contributed by atoms with Crippen molar-refractivity contribution in [3.05, 3.63) is 48.1 Å². The number of aromatic nitrogens is 1. The van der Waals surface area contributed by atoms with Crippen molar-refractivity contribution in [1.29, 1.82) is 0 Å². The number of hydrogen-bond donors (Lipinski definition) is 3. The minimum absolute atomic E-state index is 0.0628. The summed E-state index contributed by atoms with van der Waals surface area (Å²) in [4.78, 5) is 33.9. The molecule has 8 nitrogen and oxygen atoms in total. The summed E-state index contributed by atoms with van der Waals surface area (Å²) in [6.07, 6.45) is 6.33. The van der Waals surface area contributed by atoms with Gasteiger partial charge in [-0.15, -0.1) is 0 Å². The second-order valence-electron chi connectivity index (χ2n) is 8.36. The molecule has 3 N–H and O–H groups in total. The third kappa shape index (κ3) is 3.54. The van der Waals surface area contributed by atoms with Gasteiger partial charge in [0.25, 0.3) is 0 Å². The lowest BCUT2D eigenvalue weighted by molar-refractivity contribution is -0.123. The number of dihydropyridines is 1. The number of anilines is 1.